The normalized spacial score (nSPS) is 31.5. The molecule has 0 bridgehead atoms. The second-order valence-electron chi connectivity index (χ2n) is 4.71. The van der Waals surface area contributed by atoms with Crippen molar-refractivity contribution in [3.63, 3.8) is 0 Å². The maximum Gasteiger partial charge on any atom is 0.245 e. The first-order valence-electron chi connectivity index (χ1n) is 6.25. The van der Waals surface area contributed by atoms with Gasteiger partial charge in [-0.2, -0.15) is 0 Å². The summed E-state index contributed by atoms with van der Waals surface area (Å²) in [4.78, 5) is 17.5. The summed E-state index contributed by atoms with van der Waals surface area (Å²) in [5.74, 6) is 0.682. The van der Waals surface area contributed by atoms with Gasteiger partial charge in [-0.1, -0.05) is 6.08 Å². The Hall–Kier alpha value is -1.20. The molecule has 2 aliphatic heterocycles. The van der Waals surface area contributed by atoms with Gasteiger partial charge < -0.3 is 15.2 Å². The smallest absolute Gasteiger partial charge is 0.245 e. The first-order chi connectivity index (χ1) is 8.81. The van der Waals surface area contributed by atoms with E-state index in [2.05, 4.69) is 21.8 Å². The number of carbonyl (C=O) groups excluding carboxylic acids is 1. The largest absolute Gasteiger partial charge is 0.366 e. The zero-order chi connectivity index (χ0) is 12.5. The van der Waals surface area contributed by atoms with Gasteiger partial charge in [-0.3, -0.25) is 4.79 Å². The van der Waals surface area contributed by atoms with Gasteiger partial charge in [0.05, 0.1) is 11.7 Å². The lowest BCUT2D eigenvalue weighted by Gasteiger charge is -2.26. The summed E-state index contributed by atoms with van der Waals surface area (Å²) in [6.45, 7) is 0.793. The van der Waals surface area contributed by atoms with Gasteiger partial charge in [-0.05, 0) is 30.9 Å². The predicted octanol–water partition coefficient (Wildman–Crippen LogP) is 1.58. The fraction of sp³-hybridized carbons (Fsp3) is 0.462. The van der Waals surface area contributed by atoms with Gasteiger partial charge in [0.15, 0.2) is 0 Å². The first-order valence-corrected chi connectivity index (χ1v) is 7.19. The second-order valence-corrected chi connectivity index (χ2v) is 5.80. The summed E-state index contributed by atoms with van der Waals surface area (Å²) in [7, 11) is 1.87. The molecule has 0 aliphatic carbocycles. The molecule has 4 nitrogen and oxygen atoms in total. The minimum Gasteiger partial charge on any atom is -0.366 e. The molecule has 3 unspecified atom stereocenters. The molecule has 3 heterocycles. The van der Waals surface area contributed by atoms with Crippen LogP contribution in [0.5, 0.6) is 0 Å². The van der Waals surface area contributed by atoms with Crippen molar-refractivity contribution in [3.05, 3.63) is 29.9 Å². The summed E-state index contributed by atoms with van der Waals surface area (Å²) in [5, 5.41) is 5.67. The highest BCUT2D eigenvalue weighted by Gasteiger charge is 2.40. The molecule has 1 aromatic heterocycles. The number of carbonyl (C=O) groups is 1. The Kier molecular flexibility index (Phi) is 3.18. The molecule has 2 N–H and O–H groups in total. The van der Waals surface area contributed by atoms with E-state index < -0.39 is 0 Å². The third kappa shape index (κ3) is 1.87. The third-order valence-corrected chi connectivity index (χ3v) is 4.98. The van der Waals surface area contributed by atoms with Crippen LogP contribution in [0.25, 0.3) is 0 Å². The summed E-state index contributed by atoms with van der Waals surface area (Å²) in [5.41, 5.74) is 0.967. The molecule has 1 amide bonds. The quantitative estimate of drug-likeness (QED) is 0.852. The molecule has 1 aromatic rings. The van der Waals surface area contributed by atoms with Gasteiger partial charge in [0.2, 0.25) is 5.91 Å². The SMILES string of the molecule is CNC1C(=O)N(c2cc[nH]c2)CCC2C=CSC21. The predicted molar refractivity (Wildman–Crippen MR) is 74.6 cm³/mol. The van der Waals surface area contributed by atoms with E-state index in [1.54, 1.807) is 11.8 Å². The number of likely N-dealkylation sites (N-methyl/N-ethyl adjacent to an activating group) is 1. The van der Waals surface area contributed by atoms with E-state index in [9.17, 15) is 4.79 Å². The van der Waals surface area contributed by atoms with Crippen LogP contribution in [0.2, 0.25) is 0 Å². The number of fused-ring (bicyclic) bond motifs is 1. The topological polar surface area (TPSA) is 48.1 Å². The molecule has 3 atom stereocenters. The van der Waals surface area contributed by atoms with E-state index in [4.69, 9.17) is 0 Å². The standard InChI is InChI=1S/C13H17N3OS/c1-14-11-12-9(4-7-18-12)3-6-16(13(11)17)10-2-5-15-8-10/h2,4-5,7-9,11-12,14-15H,3,6H2,1H3. The molecule has 0 aromatic carbocycles. The molecular weight excluding hydrogens is 246 g/mol. The van der Waals surface area contributed by atoms with Crippen molar-refractivity contribution < 1.29 is 4.79 Å². The number of thioether (sulfide) groups is 1. The number of aromatic amines is 1. The van der Waals surface area contributed by atoms with Crippen LogP contribution in [0.15, 0.2) is 29.9 Å². The van der Waals surface area contributed by atoms with Gasteiger partial charge in [-0.25, -0.2) is 0 Å². The van der Waals surface area contributed by atoms with Crippen LogP contribution < -0.4 is 10.2 Å². The minimum atomic E-state index is -0.104. The Morgan fingerprint density at radius 1 is 1.56 bits per heavy atom. The number of hydrogen-bond donors (Lipinski definition) is 2. The average molecular weight is 263 g/mol. The molecule has 18 heavy (non-hydrogen) atoms. The third-order valence-electron chi connectivity index (χ3n) is 3.73. The highest BCUT2D eigenvalue weighted by Crippen LogP contribution is 2.37. The van der Waals surface area contributed by atoms with Gasteiger partial charge in [0.25, 0.3) is 0 Å². The van der Waals surface area contributed by atoms with Crippen molar-refractivity contribution in [2.24, 2.45) is 5.92 Å². The minimum absolute atomic E-state index is 0.104. The number of H-pyrrole nitrogens is 1. The molecule has 5 heteroatoms. The van der Waals surface area contributed by atoms with Crippen LogP contribution in [-0.4, -0.2) is 35.8 Å². The lowest BCUT2D eigenvalue weighted by molar-refractivity contribution is -0.120. The highest BCUT2D eigenvalue weighted by atomic mass is 32.2. The maximum atomic E-state index is 12.6. The summed E-state index contributed by atoms with van der Waals surface area (Å²) >= 11 is 1.78. The number of aromatic nitrogens is 1. The van der Waals surface area contributed by atoms with E-state index >= 15 is 0 Å². The lowest BCUT2D eigenvalue weighted by Crippen LogP contribution is -2.49. The summed E-state index contributed by atoms with van der Waals surface area (Å²) in [6, 6.07) is 1.85. The number of hydrogen-bond acceptors (Lipinski definition) is 3. The first kappa shape index (κ1) is 11.9. The van der Waals surface area contributed by atoms with Crippen molar-refractivity contribution in [2.45, 2.75) is 17.7 Å². The van der Waals surface area contributed by atoms with Gasteiger partial charge >= 0.3 is 0 Å². The van der Waals surface area contributed by atoms with E-state index in [1.807, 2.05) is 30.4 Å². The van der Waals surface area contributed by atoms with Crippen LogP contribution in [0.1, 0.15) is 6.42 Å². The molecule has 3 rings (SSSR count). The number of anilines is 1. The van der Waals surface area contributed by atoms with Gasteiger partial charge in [0, 0.05) is 24.2 Å². The van der Waals surface area contributed by atoms with Crippen molar-refractivity contribution in [1.29, 1.82) is 0 Å². The number of rotatable bonds is 2. The van der Waals surface area contributed by atoms with Crippen molar-refractivity contribution in [3.8, 4) is 0 Å². The van der Waals surface area contributed by atoms with Gasteiger partial charge in [-0.15, -0.1) is 11.8 Å². The summed E-state index contributed by atoms with van der Waals surface area (Å²) in [6.07, 6.45) is 7.02. The van der Waals surface area contributed by atoms with Crippen molar-refractivity contribution in [2.75, 3.05) is 18.5 Å². The van der Waals surface area contributed by atoms with Crippen LogP contribution >= 0.6 is 11.8 Å². The number of nitrogens with zero attached hydrogens (tertiary/aromatic N) is 1. The Labute approximate surface area is 111 Å². The van der Waals surface area contributed by atoms with E-state index in [0.717, 1.165) is 18.7 Å². The number of nitrogens with one attached hydrogen (secondary N) is 2. The van der Waals surface area contributed by atoms with Crippen molar-refractivity contribution in [1.82, 2.24) is 10.3 Å². The highest BCUT2D eigenvalue weighted by molar-refractivity contribution is 8.03. The monoisotopic (exact) mass is 263 g/mol. The van der Waals surface area contributed by atoms with Crippen LogP contribution in [0, 0.1) is 5.92 Å². The Morgan fingerprint density at radius 2 is 2.44 bits per heavy atom. The molecular formula is C13H17N3OS. The molecule has 0 saturated carbocycles. The zero-order valence-electron chi connectivity index (χ0n) is 10.3. The lowest BCUT2D eigenvalue weighted by atomic mass is 9.98. The molecule has 1 saturated heterocycles. The van der Waals surface area contributed by atoms with Crippen molar-refractivity contribution >= 4 is 23.4 Å². The van der Waals surface area contributed by atoms with Gasteiger partial charge in [0.1, 0.15) is 0 Å². The van der Waals surface area contributed by atoms with Crippen LogP contribution in [0.3, 0.4) is 0 Å². The fourth-order valence-electron chi connectivity index (χ4n) is 2.76. The van der Waals surface area contributed by atoms with E-state index in [0.29, 0.717) is 11.2 Å². The molecule has 0 radical (unpaired) electrons. The molecule has 1 fully saturated rings. The number of amides is 1. The fourth-order valence-corrected chi connectivity index (χ4v) is 4.07. The second kappa shape index (κ2) is 4.82. The van der Waals surface area contributed by atoms with E-state index in [-0.39, 0.29) is 11.9 Å². The Morgan fingerprint density at radius 3 is 3.17 bits per heavy atom. The zero-order valence-corrected chi connectivity index (χ0v) is 11.1. The maximum absolute atomic E-state index is 12.6. The summed E-state index contributed by atoms with van der Waals surface area (Å²) < 4.78 is 0. The van der Waals surface area contributed by atoms with Crippen LogP contribution in [0.4, 0.5) is 5.69 Å². The van der Waals surface area contributed by atoms with Crippen LogP contribution in [-0.2, 0) is 4.79 Å². The van der Waals surface area contributed by atoms with E-state index in [1.165, 1.54) is 0 Å². The Bertz CT molecular complexity index is 457. The molecule has 2 aliphatic rings. The molecule has 96 valence electrons. The Balaban J connectivity index is 1.90. The number of allylic oxidation sites excluding steroid dienone is 1. The molecule has 0 spiro atoms. The average Bonchev–Trinajstić information content (AvgIpc) is 3.01.